The highest BCUT2D eigenvalue weighted by molar-refractivity contribution is 5.89. The van der Waals surface area contributed by atoms with Crippen LogP contribution in [0.3, 0.4) is 0 Å². The number of ether oxygens (including phenoxy) is 1. The van der Waals surface area contributed by atoms with Crippen LogP contribution in [0.4, 0.5) is 4.79 Å². The van der Waals surface area contributed by atoms with Gasteiger partial charge in [0.1, 0.15) is 18.7 Å². The van der Waals surface area contributed by atoms with Gasteiger partial charge < -0.3 is 25.6 Å². The summed E-state index contributed by atoms with van der Waals surface area (Å²) in [5.74, 6) is -1.96. The van der Waals surface area contributed by atoms with E-state index < -0.39 is 30.1 Å². The predicted octanol–water partition coefficient (Wildman–Crippen LogP) is 3.04. The first kappa shape index (κ1) is 24.3. The fraction of sp³-hybridized carbons (Fsp3) is 0.400. The smallest absolute Gasteiger partial charge is 0.407 e. The van der Waals surface area contributed by atoms with Crippen molar-refractivity contribution in [3.63, 3.8) is 0 Å². The Morgan fingerprint density at radius 3 is 2.09 bits per heavy atom. The van der Waals surface area contributed by atoms with Gasteiger partial charge in [-0.25, -0.2) is 9.59 Å². The number of carbonyl (C=O) groups excluding carboxylic acids is 2. The number of carboxylic acid groups (broad SMARTS) is 1. The van der Waals surface area contributed by atoms with Gasteiger partial charge in [0.2, 0.25) is 5.91 Å². The maximum atomic E-state index is 12.6. The molecule has 0 spiro atoms. The summed E-state index contributed by atoms with van der Waals surface area (Å²) in [6.45, 7) is 1.69. The lowest BCUT2D eigenvalue weighted by molar-refractivity contribution is -0.142. The molecule has 1 aliphatic carbocycles. The molecule has 0 saturated heterocycles. The number of aliphatic hydroxyl groups excluding tert-OH is 1. The van der Waals surface area contributed by atoms with Crippen molar-refractivity contribution in [3.8, 4) is 11.1 Å². The van der Waals surface area contributed by atoms with Crippen LogP contribution in [0.2, 0.25) is 0 Å². The molecule has 8 nitrogen and oxygen atoms in total. The second kappa shape index (κ2) is 11.5. The minimum absolute atomic E-state index is 0.105. The second-order valence-electron chi connectivity index (χ2n) is 8.08. The Morgan fingerprint density at radius 2 is 1.55 bits per heavy atom. The summed E-state index contributed by atoms with van der Waals surface area (Å²) < 4.78 is 5.51. The molecule has 0 fully saturated rings. The van der Waals surface area contributed by atoms with Crippen molar-refractivity contribution in [2.75, 3.05) is 13.2 Å². The Morgan fingerprint density at radius 1 is 0.939 bits per heavy atom. The van der Waals surface area contributed by atoms with E-state index >= 15 is 0 Å². The van der Waals surface area contributed by atoms with Crippen molar-refractivity contribution >= 4 is 18.0 Å². The van der Waals surface area contributed by atoms with Gasteiger partial charge in [-0.3, -0.25) is 4.79 Å². The van der Waals surface area contributed by atoms with Crippen LogP contribution < -0.4 is 10.6 Å². The number of fused-ring (bicyclic) bond motifs is 3. The molecule has 2 aromatic rings. The summed E-state index contributed by atoms with van der Waals surface area (Å²) in [5, 5.41) is 23.2. The summed E-state index contributed by atoms with van der Waals surface area (Å²) in [7, 11) is 0. The molecule has 0 heterocycles. The van der Waals surface area contributed by atoms with Crippen LogP contribution in [0.15, 0.2) is 48.5 Å². The molecule has 176 valence electrons. The van der Waals surface area contributed by atoms with Crippen LogP contribution in [0.1, 0.15) is 49.7 Å². The molecule has 2 aromatic carbocycles. The molecule has 3 rings (SSSR count). The zero-order valence-corrected chi connectivity index (χ0v) is 18.6. The molecule has 0 saturated carbocycles. The Balaban J connectivity index is 1.65. The summed E-state index contributed by atoms with van der Waals surface area (Å²) >= 11 is 0. The molecule has 0 aromatic heterocycles. The van der Waals surface area contributed by atoms with Crippen molar-refractivity contribution < 1.29 is 29.3 Å². The quantitative estimate of drug-likeness (QED) is 0.414. The fourth-order valence-corrected chi connectivity index (χ4v) is 4.12. The number of alkyl carbamates (subject to hydrolysis) is 1. The van der Waals surface area contributed by atoms with Gasteiger partial charge in [-0.05, 0) is 28.7 Å². The van der Waals surface area contributed by atoms with E-state index in [-0.39, 0.29) is 25.6 Å². The first-order valence-corrected chi connectivity index (χ1v) is 11.2. The van der Waals surface area contributed by atoms with E-state index in [1.54, 1.807) is 0 Å². The zero-order chi connectivity index (χ0) is 23.8. The minimum atomic E-state index is -1.24. The number of rotatable bonds is 11. The molecular formula is C25H30N2O6. The monoisotopic (exact) mass is 454 g/mol. The van der Waals surface area contributed by atoms with E-state index in [4.69, 9.17) is 9.84 Å². The SMILES string of the molecule is CCCC[C@H](NC(=O)OCC1c2ccccc2-c2ccccc21)C(=O)N[C@H](CCO)C(=O)O. The van der Waals surface area contributed by atoms with E-state index in [9.17, 15) is 19.5 Å². The third-order valence-corrected chi connectivity index (χ3v) is 5.83. The number of hydrogen-bond acceptors (Lipinski definition) is 5. The molecule has 0 bridgehead atoms. The number of nitrogens with one attached hydrogen (secondary N) is 2. The Labute approximate surface area is 193 Å². The normalized spacial score (nSPS) is 14.0. The number of carbonyl (C=O) groups is 3. The lowest BCUT2D eigenvalue weighted by atomic mass is 9.98. The molecular weight excluding hydrogens is 424 g/mol. The second-order valence-corrected chi connectivity index (χ2v) is 8.08. The highest BCUT2D eigenvalue weighted by atomic mass is 16.5. The van der Waals surface area contributed by atoms with Crippen molar-refractivity contribution in [1.82, 2.24) is 10.6 Å². The standard InChI is InChI=1S/C25H30N2O6/c1-2-3-12-21(23(29)26-22(13-14-28)24(30)31)27-25(32)33-15-20-18-10-6-4-8-16(18)17-9-5-7-11-19(17)20/h4-11,20-22,28H,2-3,12-15H2,1H3,(H,26,29)(H,27,32)(H,30,31)/t21-,22+/m0/s1. The van der Waals surface area contributed by atoms with Crippen LogP contribution in [-0.4, -0.2) is 53.5 Å². The Kier molecular flexibility index (Phi) is 8.43. The molecule has 0 radical (unpaired) electrons. The Hall–Kier alpha value is -3.39. The lowest BCUT2D eigenvalue weighted by Gasteiger charge is -2.21. The average molecular weight is 455 g/mol. The fourth-order valence-electron chi connectivity index (χ4n) is 4.12. The van der Waals surface area contributed by atoms with Gasteiger partial charge >= 0.3 is 12.1 Å². The first-order valence-electron chi connectivity index (χ1n) is 11.2. The number of aliphatic carboxylic acids is 1. The number of carboxylic acids is 1. The predicted molar refractivity (Wildman–Crippen MR) is 123 cm³/mol. The lowest BCUT2D eigenvalue weighted by Crippen LogP contribution is -2.52. The van der Waals surface area contributed by atoms with Crippen molar-refractivity contribution in [1.29, 1.82) is 0 Å². The molecule has 33 heavy (non-hydrogen) atoms. The van der Waals surface area contributed by atoms with E-state index in [0.29, 0.717) is 12.8 Å². The molecule has 2 atom stereocenters. The molecule has 4 N–H and O–H groups in total. The molecule has 8 heteroatoms. The summed E-state index contributed by atoms with van der Waals surface area (Å²) in [6.07, 6.45) is 0.959. The van der Waals surface area contributed by atoms with Crippen LogP contribution >= 0.6 is 0 Å². The minimum Gasteiger partial charge on any atom is -0.480 e. The number of aliphatic hydroxyl groups is 1. The maximum absolute atomic E-state index is 12.6. The number of unbranched alkanes of at least 4 members (excludes halogenated alkanes) is 1. The average Bonchev–Trinajstić information content (AvgIpc) is 3.13. The molecule has 2 amide bonds. The summed E-state index contributed by atoms with van der Waals surface area (Å²) in [4.78, 5) is 36.5. The summed E-state index contributed by atoms with van der Waals surface area (Å²) in [6, 6.07) is 13.8. The van der Waals surface area contributed by atoms with Crippen molar-refractivity contribution in [3.05, 3.63) is 59.7 Å². The topological polar surface area (TPSA) is 125 Å². The molecule has 1 aliphatic rings. The van der Waals surface area contributed by atoms with E-state index in [0.717, 1.165) is 28.7 Å². The van der Waals surface area contributed by atoms with Gasteiger partial charge in [0.15, 0.2) is 0 Å². The van der Waals surface area contributed by atoms with Gasteiger partial charge in [-0.1, -0.05) is 68.3 Å². The van der Waals surface area contributed by atoms with Gasteiger partial charge in [-0.2, -0.15) is 0 Å². The molecule has 0 unspecified atom stereocenters. The van der Waals surface area contributed by atoms with Crippen LogP contribution in [0.25, 0.3) is 11.1 Å². The number of amides is 2. The number of hydrogen-bond donors (Lipinski definition) is 4. The van der Waals surface area contributed by atoms with Crippen LogP contribution in [0.5, 0.6) is 0 Å². The Bertz CT molecular complexity index is 947. The van der Waals surface area contributed by atoms with Gasteiger partial charge in [-0.15, -0.1) is 0 Å². The largest absolute Gasteiger partial charge is 0.480 e. The van der Waals surface area contributed by atoms with Crippen molar-refractivity contribution in [2.45, 2.75) is 50.6 Å². The van der Waals surface area contributed by atoms with Crippen LogP contribution in [-0.2, 0) is 14.3 Å². The third kappa shape index (κ3) is 5.90. The summed E-state index contributed by atoms with van der Waals surface area (Å²) in [5.41, 5.74) is 4.40. The highest BCUT2D eigenvalue weighted by Gasteiger charge is 2.30. The zero-order valence-electron chi connectivity index (χ0n) is 18.6. The van der Waals surface area contributed by atoms with Crippen molar-refractivity contribution in [2.24, 2.45) is 0 Å². The maximum Gasteiger partial charge on any atom is 0.407 e. The first-order chi connectivity index (χ1) is 16.0. The van der Waals surface area contributed by atoms with Gasteiger partial charge in [0.05, 0.1) is 0 Å². The van der Waals surface area contributed by atoms with Gasteiger partial charge in [0.25, 0.3) is 0 Å². The highest BCUT2D eigenvalue weighted by Crippen LogP contribution is 2.44. The van der Waals surface area contributed by atoms with Gasteiger partial charge in [0, 0.05) is 18.9 Å². The van der Waals surface area contributed by atoms with E-state index in [2.05, 4.69) is 10.6 Å². The van der Waals surface area contributed by atoms with E-state index in [1.807, 2.05) is 55.5 Å². The van der Waals surface area contributed by atoms with E-state index in [1.165, 1.54) is 0 Å². The van der Waals surface area contributed by atoms with Crippen LogP contribution in [0, 0.1) is 0 Å². The molecule has 0 aliphatic heterocycles. The number of benzene rings is 2. The third-order valence-electron chi connectivity index (χ3n) is 5.83.